The number of hydrogen-bond acceptors (Lipinski definition) is 4. The molecular weight excluding hydrogens is 152 g/mol. The van der Waals surface area contributed by atoms with E-state index in [-0.39, 0.29) is 0 Å². The summed E-state index contributed by atoms with van der Waals surface area (Å²) in [5.41, 5.74) is 0. The van der Waals surface area contributed by atoms with Crippen molar-refractivity contribution in [2.45, 2.75) is 6.42 Å². The molecule has 0 aliphatic heterocycles. The zero-order chi connectivity index (χ0) is 7.98. The van der Waals surface area contributed by atoms with Crippen molar-refractivity contribution in [3.05, 3.63) is 0 Å². The highest BCUT2D eigenvalue weighted by molar-refractivity contribution is 7.61. The first kappa shape index (κ1) is 9.58. The lowest BCUT2D eigenvalue weighted by Crippen LogP contribution is -2.13. The van der Waals surface area contributed by atoms with E-state index in [0.29, 0.717) is 6.54 Å². The van der Waals surface area contributed by atoms with Crippen LogP contribution in [-0.2, 0) is 10.5 Å². The van der Waals surface area contributed by atoms with Gasteiger partial charge in [0.1, 0.15) is 0 Å². The first-order valence-electron chi connectivity index (χ1n) is 3.04. The van der Waals surface area contributed by atoms with Gasteiger partial charge in [-0.05, 0) is 27.1 Å². The average molecular weight is 164 g/mol. The van der Waals surface area contributed by atoms with Crippen LogP contribution in [-0.4, -0.2) is 40.5 Å². The van der Waals surface area contributed by atoms with Crippen molar-refractivity contribution in [2.24, 2.45) is 4.36 Å². The van der Waals surface area contributed by atoms with Crippen LogP contribution in [0, 0.1) is 0 Å². The standard InChI is InChI=1S/C5H12N2O2S/c1-7(2)5-3-4-6-10(8)9/h3-5H2,1-2H3. The van der Waals surface area contributed by atoms with Gasteiger partial charge in [-0.25, -0.2) is 0 Å². The van der Waals surface area contributed by atoms with Crippen LogP contribution in [0.5, 0.6) is 0 Å². The summed E-state index contributed by atoms with van der Waals surface area (Å²) in [4.78, 5) is 1.99. The van der Waals surface area contributed by atoms with Gasteiger partial charge in [0.2, 0.25) is 0 Å². The SMILES string of the molecule is CN(C)CCCN=S(=O)=O. The molecule has 0 saturated heterocycles. The molecule has 0 radical (unpaired) electrons. The Bertz CT molecular complexity index is 188. The zero-order valence-corrected chi connectivity index (χ0v) is 7.06. The predicted molar refractivity (Wildman–Crippen MR) is 39.4 cm³/mol. The van der Waals surface area contributed by atoms with Gasteiger partial charge < -0.3 is 4.90 Å². The van der Waals surface area contributed by atoms with Gasteiger partial charge in [0.05, 0.1) is 6.54 Å². The lowest BCUT2D eigenvalue weighted by Gasteiger charge is -2.05. The van der Waals surface area contributed by atoms with Crippen LogP contribution >= 0.6 is 0 Å². The van der Waals surface area contributed by atoms with Crippen LogP contribution < -0.4 is 0 Å². The molecular formula is C5H12N2O2S. The van der Waals surface area contributed by atoms with E-state index >= 15 is 0 Å². The second-order valence-electron chi connectivity index (χ2n) is 2.23. The zero-order valence-electron chi connectivity index (χ0n) is 6.24. The van der Waals surface area contributed by atoms with Gasteiger partial charge >= 0.3 is 10.5 Å². The molecule has 10 heavy (non-hydrogen) atoms. The molecule has 0 N–H and O–H groups in total. The van der Waals surface area contributed by atoms with Crippen LogP contribution in [0.15, 0.2) is 4.36 Å². The lowest BCUT2D eigenvalue weighted by atomic mass is 10.4. The molecule has 60 valence electrons. The van der Waals surface area contributed by atoms with E-state index in [1.807, 2.05) is 19.0 Å². The molecule has 0 fully saturated rings. The van der Waals surface area contributed by atoms with E-state index in [0.717, 1.165) is 13.0 Å². The molecule has 0 aromatic rings. The largest absolute Gasteiger partial charge is 0.311 e. The molecule has 0 aromatic carbocycles. The van der Waals surface area contributed by atoms with E-state index < -0.39 is 10.5 Å². The minimum Gasteiger partial charge on any atom is -0.309 e. The molecule has 4 nitrogen and oxygen atoms in total. The van der Waals surface area contributed by atoms with E-state index in [4.69, 9.17) is 0 Å². The van der Waals surface area contributed by atoms with E-state index in [1.165, 1.54) is 0 Å². The summed E-state index contributed by atoms with van der Waals surface area (Å²) in [6, 6.07) is 0. The quantitative estimate of drug-likeness (QED) is 0.549. The van der Waals surface area contributed by atoms with Crippen molar-refractivity contribution in [2.75, 3.05) is 27.2 Å². The van der Waals surface area contributed by atoms with Gasteiger partial charge in [0, 0.05) is 0 Å². The fraction of sp³-hybridized carbons (Fsp3) is 1.00. The second-order valence-corrected chi connectivity index (χ2v) is 2.92. The third-order valence-electron chi connectivity index (χ3n) is 0.960. The summed E-state index contributed by atoms with van der Waals surface area (Å²) >= 11 is 0. The molecule has 0 spiro atoms. The van der Waals surface area contributed by atoms with Gasteiger partial charge in [-0.15, -0.1) is 0 Å². The van der Waals surface area contributed by atoms with E-state index in [2.05, 4.69) is 4.36 Å². The maximum Gasteiger partial charge on any atom is 0.311 e. The van der Waals surface area contributed by atoms with Gasteiger partial charge in [0.15, 0.2) is 0 Å². The number of hydrogen-bond donors (Lipinski definition) is 0. The van der Waals surface area contributed by atoms with Crippen LogP contribution in [0.2, 0.25) is 0 Å². The third kappa shape index (κ3) is 7.58. The predicted octanol–water partition coefficient (Wildman–Crippen LogP) is 0.000800. The highest BCUT2D eigenvalue weighted by Gasteiger charge is 1.87. The molecule has 0 aliphatic carbocycles. The number of nitrogens with zero attached hydrogens (tertiary/aromatic N) is 2. The lowest BCUT2D eigenvalue weighted by molar-refractivity contribution is 0.403. The third-order valence-corrected chi connectivity index (χ3v) is 1.35. The Kier molecular flexibility index (Phi) is 5.15. The van der Waals surface area contributed by atoms with Gasteiger partial charge in [-0.2, -0.15) is 12.8 Å². The van der Waals surface area contributed by atoms with Crippen molar-refractivity contribution < 1.29 is 8.42 Å². The van der Waals surface area contributed by atoms with Crippen molar-refractivity contribution in [1.29, 1.82) is 0 Å². The molecule has 0 unspecified atom stereocenters. The second kappa shape index (κ2) is 5.37. The molecule has 0 heterocycles. The molecule has 0 bridgehead atoms. The summed E-state index contributed by atoms with van der Waals surface area (Å²) in [5, 5.41) is 0. The van der Waals surface area contributed by atoms with Gasteiger partial charge in [-0.3, -0.25) is 0 Å². The van der Waals surface area contributed by atoms with Crippen molar-refractivity contribution in [3.63, 3.8) is 0 Å². The van der Waals surface area contributed by atoms with Crippen LogP contribution in [0.4, 0.5) is 0 Å². The van der Waals surface area contributed by atoms with E-state index in [1.54, 1.807) is 0 Å². The Hall–Kier alpha value is -0.420. The van der Waals surface area contributed by atoms with Crippen LogP contribution in [0.1, 0.15) is 6.42 Å². The Morgan fingerprint density at radius 3 is 2.40 bits per heavy atom. The number of rotatable bonds is 4. The summed E-state index contributed by atoms with van der Waals surface area (Å²) in [5.74, 6) is 0. The Balaban J connectivity index is 3.31. The van der Waals surface area contributed by atoms with Crippen molar-refractivity contribution in [3.8, 4) is 0 Å². The van der Waals surface area contributed by atoms with Gasteiger partial charge in [0.25, 0.3) is 0 Å². The average Bonchev–Trinajstić information content (AvgIpc) is 1.79. The molecule has 5 heteroatoms. The molecule has 0 saturated carbocycles. The molecule has 0 rings (SSSR count). The monoisotopic (exact) mass is 164 g/mol. The maximum absolute atomic E-state index is 9.86. The van der Waals surface area contributed by atoms with Crippen molar-refractivity contribution >= 4 is 10.5 Å². The highest BCUT2D eigenvalue weighted by atomic mass is 32.2. The molecule has 0 amide bonds. The Morgan fingerprint density at radius 2 is 2.00 bits per heavy atom. The molecule has 0 atom stereocenters. The van der Waals surface area contributed by atoms with Crippen LogP contribution in [0.3, 0.4) is 0 Å². The minimum atomic E-state index is -2.22. The Labute approximate surface area is 62.6 Å². The topological polar surface area (TPSA) is 49.7 Å². The maximum atomic E-state index is 9.86. The minimum absolute atomic E-state index is 0.397. The van der Waals surface area contributed by atoms with Crippen molar-refractivity contribution in [1.82, 2.24) is 4.90 Å². The summed E-state index contributed by atoms with van der Waals surface area (Å²) in [6.45, 7) is 1.27. The van der Waals surface area contributed by atoms with Crippen LogP contribution in [0.25, 0.3) is 0 Å². The summed E-state index contributed by atoms with van der Waals surface area (Å²) < 4.78 is 23.0. The smallest absolute Gasteiger partial charge is 0.309 e. The van der Waals surface area contributed by atoms with E-state index in [9.17, 15) is 8.42 Å². The van der Waals surface area contributed by atoms with Gasteiger partial charge in [-0.1, -0.05) is 0 Å². The first-order chi connectivity index (χ1) is 4.63. The summed E-state index contributed by atoms with van der Waals surface area (Å²) in [7, 11) is 1.65. The molecule has 0 aromatic heterocycles. The summed E-state index contributed by atoms with van der Waals surface area (Å²) in [6.07, 6.45) is 0.793. The Morgan fingerprint density at radius 1 is 1.40 bits per heavy atom. The fourth-order valence-electron chi connectivity index (χ4n) is 0.526. The fourth-order valence-corrected chi connectivity index (χ4v) is 0.804. The first-order valence-corrected chi connectivity index (χ1v) is 4.07. The highest BCUT2D eigenvalue weighted by Crippen LogP contribution is 1.82. The molecule has 0 aliphatic rings. The normalized spacial score (nSPS) is 9.90.